The molecular weight excluding hydrogens is 483 g/mol. The zero-order valence-corrected chi connectivity index (χ0v) is 19.9. The molecule has 1 unspecified atom stereocenters. The Bertz CT molecular complexity index is 913. The third kappa shape index (κ3) is 6.53. The molecular formula is C24H27BrClFN2O2. The third-order valence-corrected chi connectivity index (χ3v) is 6.60. The van der Waals surface area contributed by atoms with Gasteiger partial charge in [0.2, 0.25) is 11.8 Å². The molecule has 3 rings (SSSR count). The predicted molar refractivity (Wildman–Crippen MR) is 124 cm³/mol. The van der Waals surface area contributed by atoms with Crippen LogP contribution >= 0.6 is 27.5 Å². The van der Waals surface area contributed by atoms with E-state index in [9.17, 15) is 14.0 Å². The number of nitrogens with one attached hydrogen (secondary N) is 1. The molecule has 1 aliphatic rings. The van der Waals surface area contributed by atoms with E-state index in [4.69, 9.17) is 11.6 Å². The Morgan fingerprint density at radius 2 is 1.90 bits per heavy atom. The summed E-state index contributed by atoms with van der Waals surface area (Å²) in [6, 6.07) is 11.4. The van der Waals surface area contributed by atoms with E-state index in [-0.39, 0.29) is 41.4 Å². The summed E-state index contributed by atoms with van der Waals surface area (Å²) in [5, 5.41) is 3.30. The van der Waals surface area contributed by atoms with Gasteiger partial charge < -0.3 is 10.2 Å². The minimum atomic E-state index is -0.695. The van der Waals surface area contributed by atoms with Gasteiger partial charge in [-0.2, -0.15) is 0 Å². The van der Waals surface area contributed by atoms with Crippen molar-refractivity contribution in [1.29, 1.82) is 0 Å². The molecule has 7 heteroatoms. The zero-order chi connectivity index (χ0) is 22.4. The fourth-order valence-electron chi connectivity index (χ4n) is 3.94. The highest BCUT2D eigenvalue weighted by molar-refractivity contribution is 9.10. The van der Waals surface area contributed by atoms with Gasteiger partial charge in [-0.05, 0) is 49.6 Å². The highest BCUT2D eigenvalue weighted by Gasteiger charge is 2.29. The van der Waals surface area contributed by atoms with E-state index in [0.717, 1.165) is 35.7 Å². The summed E-state index contributed by atoms with van der Waals surface area (Å²) >= 11 is 9.58. The van der Waals surface area contributed by atoms with Gasteiger partial charge in [0, 0.05) is 27.6 Å². The van der Waals surface area contributed by atoms with E-state index in [1.807, 2.05) is 24.3 Å². The minimum absolute atomic E-state index is 0.146. The van der Waals surface area contributed by atoms with E-state index in [1.54, 1.807) is 13.0 Å². The largest absolute Gasteiger partial charge is 0.352 e. The van der Waals surface area contributed by atoms with Crippen LogP contribution in [0.15, 0.2) is 46.9 Å². The summed E-state index contributed by atoms with van der Waals surface area (Å²) in [5.41, 5.74) is 1.02. The third-order valence-electron chi connectivity index (χ3n) is 5.75. The SMILES string of the molecule is CC(C(=O)NC1CCCCC1)N(Cc1cccc(Br)c1)C(=O)Cc1c(F)cccc1Cl. The smallest absolute Gasteiger partial charge is 0.242 e. The van der Waals surface area contributed by atoms with Gasteiger partial charge in [0.05, 0.1) is 6.42 Å². The van der Waals surface area contributed by atoms with Crippen molar-refractivity contribution in [2.45, 2.75) is 64.1 Å². The van der Waals surface area contributed by atoms with Crippen LogP contribution in [0, 0.1) is 5.82 Å². The number of nitrogens with zero attached hydrogens (tertiary/aromatic N) is 1. The van der Waals surface area contributed by atoms with Crippen LogP contribution < -0.4 is 5.32 Å². The summed E-state index contributed by atoms with van der Waals surface area (Å²) in [5.74, 6) is -1.06. The Morgan fingerprint density at radius 1 is 1.19 bits per heavy atom. The maximum Gasteiger partial charge on any atom is 0.242 e. The van der Waals surface area contributed by atoms with Crippen molar-refractivity contribution in [3.8, 4) is 0 Å². The molecule has 0 heterocycles. The minimum Gasteiger partial charge on any atom is -0.352 e. The number of amides is 2. The Labute approximate surface area is 196 Å². The molecule has 0 radical (unpaired) electrons. The Morgan fingerprint density at radius 3 is 2.58 bits per heavy atom. The van der Waals surface area contributed by atoms with E-state index < -0.39 is 11.9 Å². The first kappa shape index (κ1) is 23.7. The van der Waals surface area contributed by atoms with Crippen LogP contribution in [0.3, 0.4) is 0 Å². The van der Waals surface area contributed by atoms with Crippen LogP contribution in [-0.2, 0) is 22.6 Å². The second-order valence-electron chi connectivity index (χ2n) is 8.05. The van der Waals surface area contributed by atoms with E-state index in [0.29, 0.717) is 0 Å². The van der Waals surface area contributed by atoms with Crippen molar-refractivity contribution in [2.24, 2.45) is 0 Å². The van der Waals surface area contributed by atoms with Gasteiger partial charge in [-0.15, -0.1) is 0 Å². The molecule has 0 aliphatic heterocycles. The van der Waals surface area contributed by atoms with Crippen LogP contribution in [0.4, 0.5) is 4.39 Å². The van der Waals surface area contributed by atoms with Gasteiger partial charge in [-0.1, -0.05) is 65.0 Å². The normalized spacial score (nSPS) is 15.4. The first-order chi connectivity index (χ1) is 14.8. The number of benzene rings is 2. The van der Waals surface area contributed by atoms with Crippen LogP contribution in [0.25, 0.3) is 0 Å². The maximum absolute atomic E-state index is 14.3. The first-order valence-corrected chi connectivity index (χ1v) is 11.8. The fraction of sp³-hybridized carbons (Fsp3) is 0.417. The molecule has 31 heavy (non-hydrogen) atoms. The van der Waals surface area contributed by atoms with Gasteiger partial charge >= 0.3 is 0 Å². The lowest BCUT2D eigenvalue weighted by molar-refractivity contribution is -0.140. The quantitative estimate of drug-likeness (QED) is 0.524. The van der Waals surface area contributed by atoms with Gasteiger partial charge in [0.15, 0.2) is 0 Å². The molecule has 1 atom stereocenters. The summed E-state index contributed by atoms with van der Waals surface area (Å²) in [6.07, 6.45) is 5.11. The van der Waals surface area contributed by atoms with Gasteiger partial charge in [0.1, 0.15) is 11.9 Å². The van der Waals surface area contributed by atoms with E-state index in [1.165, 1.54) is 23.5 Å². The number of hydrogen-bond acceptors (Lipinski definition) is 2. The molecule has 2 amide bonds. The summed E-state index contributed by atoms with van der Waals surface area (Å²) in [7, 11) is 0. The topological polar surface area (TPSA) is 49.4 Å². The Kier molecular flexibility index (Phi) is 8.50. The number of hydrogen-bond donors (Lipinski definition) is 1. The Balaban J connectivity index is 1.80. The molecule has 4 nitrogen and oxygen atoms in total. The zero-order valence-electron chi connectivity index (χ0n) is 17.5. The molecule has 2 aromatic rings. The summed E-state index contributed by atoms with van der Waals surface area (Å²) in [4.78, 5) is 27.7. The molecule has 0 saturated heterocycles. The molecule has 1 aliphatic carbocycles. The molecule has 0 aromatic heterocycles. The average molecular weight is 510 g/mol. The second kappa shape index (κ2) is 11.1. The van der Waals surface area contributed by atoms with Crippen molar-refractivity contribution >= 4 is 39.3 Å². The fourth-order valence-corrected chi connectivity index (χ4v) is 4.61. The van der Waals surface area contributed by atoms with Crippen LogP contribution in [0.5, 0.6) is 0 Å². The number of halogens is 3. The van der Waals surface area contributed by atoms with Crippen LogP contribution in [0.2, 0.25) is 5.02 Å². The van der Waals surface area contributed by atoms with E-state index in [2.05, 4.69) is 21.2 Å². The van der Waals surface area contributed by atoms with Crippen molar-refractivity contribution in [1.82, 2.24) is 10.2 Å². The molecule has 166 valence electrons. The average Bonchev–Trinajstić information content (AvgIpc) is 2.75. The lowest BCUT2D eigenvalue weighted by Crippen LogP contribution is -2.50. The van der Waals surface area contributed by atoms with Gasteiger partial charge in [-0.3, -0.25) is 9.59 Å². The van der Waals surface area contributed by atoms with Crippen molar-refractivity contribution in [3.05, 3.63) is 68.9 Å². The van der Waals surface area contributed by atoms with E-state index >= 15 is 0 Å². The molecule has 0 bridgehead atoms. The standard InChI is InChI=1S/C24H27BrClFN2O2/c1-16(24(31)28-19-9-3-2-4-10-19)29(15-17-7-5-8-18(25)13-17)23(30)14-20-21(26)11-6-12-22(20)27/h5-8,11-13,16,19H,2-4,9-10,14-15H2,1H3,(H,28,31). The lowest BCUT2D eigenvalue weighted by atomic mass is 9.95. The predicted octanol–water partition coefficient (Wildman–Crippen LogP) is 5.65. The Hall–Kier alpha value is -1.92. The van der Waals surface area contributed by atoms with Gasteiger partial charge in [0.25, 0.3) is 0 Å². The molecule has 1 saturated carbocycles. The van der Waals surface area contributed by atoms with Crippen LogP contribution in [0.1, 0.15) is 50.2 Å². The van der Waals surface area contributed by atoms with Crippen molar-refractivity contribution in [2.75, 3.05) is 0 Å². The summed E-state index contributed by atoms with van der Waals surface area (Å²) in [6.45, 7) is 1.96. The number of carbonyl (C=O) groups is 2. The molecule has 0 spiro atoms. The number of rotatable bonds is 7. The van der Waals surface area contributed by atoms with Gasteiger partial charge in [-0.25, -0.2) is 4.39 Å². The molecule has 1 N–H and O–H groups in total. The van der Waals surface area contributed by atoms with Crippen molar-refractivity contribution < 1.29 is 14.0 Å². The van der Waals surface area contributed by atoms with Crippen molar-refractivity contribution in [3.63, 3.8) is 0 Å². The van der Waals surface area contributed by atoms with Crippen LogP contribution in [-0.4, -0.2) is 28.8 Å². The first-order valence-electron chi connectivity index (χ1n) is 10.6. The lowest BCUT2D eigenvalue weighted by Gasteiger charge is -2.31. The summed E-state index contributed by atoms with van der Waals surface area (Å²) < 4.78 is 15.2. The second-order valence-corrected chi connectivity index (χ2v) is 9.37. The maximum atomic E-state index is 14.3. The number of carbonyl (C=O) groups excluding carboxylic acids is 2. The molecule has 1 fully saturated rings. The monoisotopic (exact) mass is 508 g/mol. The highest BCUT2D eigenvalue weighted by atomic mass is 79.9. The molecule has 2 aromatic carbocycles. The highest BCUT2D eigenvalue weighted by Crippen LogP contribution is 2.23.